The minimum absolute atomic E-state index is 0.892. The fraction of sp³-hybridized carbons (Fsp3) is 0. The molecule has 0 N–H and O–H groups in total. The highest BCUT2D eigenvalue weighted by Crippen LogP contribution is 2.42. The second kappa shape index (κ2) is 15.7. The van der Waals surface area contributed by atoms with E-state index in [2.05, 4.69) is 264 Å². The van der Waals surface area contributed by atoms with Crippen LogP contribution in [0.4, 0.5) is 17.1 Å². The van der Waals surface area contributed by atoms with Crippen LogP contribution in [0.15, 0.2) is 259 Å². The third-order valence-electron chi connectivity index (χ3n) is 14.1. The van der Waals surface area contributed by atoms with E-state index in [4.69, 9.17) is 4.42 Å². The summed E-state index contributed by atoms with van der Waals surface area (Å²) in [6.07, 6.45) is 0. The zero-order valence-corrected chi connectivity index (χ0v) is 37.6. The lowest BCUT2D eigenvalue weighted by Crippen LogP contribution is -2.10. The van der Waals surface area contributed by atoms with Crippen molar-refractivity contribution in [2.75, 3.05) is 4.90 Å². The minimum atomic E-state index is 0.892. The van der Waals surface area contributed by atoms with Gasteiger partial charge < -0.3 is 13.9 Å². The largest absolute Gasteiger partial charge is 0.455 e. The van der Waals surface area contributed by atoms with E-state index in [9.17, 15) is 0 Å². The number of hydrogen-bond acceptors (Lipinski definition) is 2. The Balaban J connectivity index is 0.869. The molecular formula is C66H42N2O. The maximum atomic E-state index is 6.59. The fourth-order valence-corrected chi connectivity index (χ4v) is 10.9. The Morgan fingerprint density at radius 1 is 0.290 bits per heavy atom. The molecular weight excluding hydrogens is 837 g/mol. The van der Waals surface area contributed by atoms with Crippen LogP contribution in [-0.2, 0) is 0 Å². The van der Waals surface area contributed by atoms with E-state index < -0.39 is 0 Å². The second-order valence-corrected chi connectivity index (χ2v) is 18.1. The molecule has 3 heteroatoms. The van der Waals surface area contributed by atoms with Crippen molar-refractivity contribution < 1.29 is 4.42 Å². The predicted molar refractivity (Wildman–Crippen MR) is 292 cm³/mol. The summed E-state index contributed by atoms with van der Waals surface area (Å²) < 4.78 is 8.98. The van der Waals surface area contributed by atoms with Gasteiger partial charge in [-0.3, -0.25) is 0 Å². The van der Waals surface area contributed by atoms with Crippen LogP contribution in [0.5, 0.6) is 0 Å². The quantitative estimate of drug-likeness (QED) is 0.149. The van der Waals surface area contributed by atoms with Crippen molar-refractivity contribution in [3.8, 4) is 39.1 Å². The van der Waals surface area contributed by atoms with E-state index >= 15 is 0 Å². The number of anilines is 3. The second-order valence-electron chi connectivity index (χ2n) is 18.1. The molecule has 14 aromatic rings. The van der Waals surface area contributed by atoms with Crippen LogP contribution < -0.4 is 4.90 Å². The van der Waals surface area contributed by atoms with Crippen LogP contribution in [0.3, 0.4) is 0 Å². The first-order chi connectivity index (χ1) is 34.2. The van der Waals surface area contributed by atoms with Gasteiger partial charge in [-0.25, -0.2) is 0 Å². The van der Waals surface area contributed by atoms with E-state index in [1.54, 1.807) is 0 Å². The Morgan fingerprint density at radius 2 is 0.841 bits per heavy atom. The van der Waals surface area contributed by atoms with Crippen molar-refractivity contribution in [3.05, 3.63) is 255 Å². The molecule has 0 fully saturated rings. The molecule has 0 atom stereocenters. The van der Waals surface area contributed by atoms with Crippen LogP contribution in [0, 0.1) is 0 Å². The molecule has 2 heterocycles. The summed E-state index contributed by atoms with van der Waals surface area (Å²) in [6, 6.07) is 92.5. The molecule has 3 nitrogen and oxygen atoms in total. The molecule has 2 aromatic heterocycles. The van der Waals surface area contributed by atoms with Crippen molar-refractivity contribution in [2.45, 2.75) is 0 Å². The molecule has 0 aliphatic rings. The molecule has 0 unspecified atom stereocenters. The maximum absolute atomic E-state index is 6.59. The summed E-state index contributed by atoms with van der Waals surface area (Å²) in [6.45, 7) is 0. The van der Waals surface area contributed by atoms with Gasteiger partial charge in [-0.1, -0.05) is 170 Å². The van der Waals surface area contributed by atoms with E-state index in [0.717, 1.165) is 72.3 Å². The van der Waals surface area contributed by atoms with Crippen molar-refractivity contribution in [2.24, 2.45) is 0 Å². The Morgan fingerprint density at radius 3 is 1.57 bits per heavy atom. The van der Waals surface area contributed by atoms with Crippen LogP contribution in [0.25, 0.3) is 115 Å². The summed E-state index contributed by atoms with van der Waals surface area (Å²) in [5.74, 6) is 0. The Labute approximate surface area is 399 Å². The molecule has 0 bridgehead atoms. The summed E-state index contributed by atoms with van der Waals surface area (Å²) in [5, 5.41) is 12.1. The molecule has 0 amide bonds. The van der Waals surface area contributed by atoms with Gasteiger partial charge in [-0.15, -0.1) is 0 Å². The van der Waals surface area contributed by atoms with Gasteiger partial charge in [-0.2, -0.15) is 0 Å². The predicted octanol–water partition coefficient (Wildman–Crippen LogP) is 18.6. The van der Waals surface area contributed by atoms with Gasteiger partial charge in [0.05, 0.1) is 11.0 Å². The number of rotatable bonds is 7. The molecule has 0 radical (unpaired) electrons. The maximum Gasteiger partial charge on any atom is 0.143 e. The van der Waals surface area contributed by atoms with Crippen LogP contribution >= 0.6 is 0 Å². The number of nitrogens with zero attached hydrogens (tertiary/aromatic N) is 2. The summed E-state index contributed by atoms with van der Waals surface area (Å²) in [4.78, 5) is 2.38. The van der Waals surface area contributed by atoms with Crippen molar-refractivity contribution in [1.29, 1.82) is 0 Å². The molecule has 0 saturated carbocycles. The number of aromatic nitrogens is 1. The smallest absolute Gasteiger partial charge is 0.143 e. The van der Waals surface area contributed by atoms with Gasteiger partial charge in [0, 0.05) is 49.7 Å². The number of fused-ring (bicyclic) bond motifs is 11. The average molecular weight is 879 g/mol. The monoisotopic (exact) mass is 878 g/mol. The summed E-state index contributed by atoms with van der Waals surface area (Å²) in [5.41, 5.74) is 15.5. The summed E-state index contributed by atoms with van der Waals surface area (Å²) >= 11 is 0. The van der Waals surface area contributed by atoms with Crippen molar-refractivity contribution in [1.82, 2.24) is 4.57 Å². The number of hydrogen-bond donors (Lipinski definition) is 0. The highest BCUT2D eigenvalue weighted by Gasteiger charge is 2.18. The standard InChI is InChI=1S/C66H42N2O/c1-4-20-55-45(13-1)31-38-61-60-37-32-47(42-65(60)69-66(55)61)44-29-35-51(36-30-44)67(52-17-12-16-48(40-52)62-41-49-14-2-3-19-54(49)56-21-5-6-22-57(56)62)50-33-27-43(28-34-50)46-15-11-18-53(39-46)68-63-25-9-7-23-58(63)59-24-8-10-26-64(59)68/h1-42H. The molecule has 0 aliphatic carbocycles. The van der Waals surface area contributed by atoms with E-state index in [1.807, 2.05) is 0 Å². The van der Waals surface area contributed by atoms with E-state index in [0.29, 0.717) is 0 Å². The molecule has 322 valence electrons. The van der Waals surface area contributed by atoms with E-state index in [-0.39, 0.29) is 0 Å². The lowest BCUT2D eigenvalue weighted by Gasteiger charge is -2.26. The molecule has 69 heavy (non-hydrogen) atoms. The zero-order valence-electron chi connectivity index (χ0n) is 37.6. The first-order valence-electron chi connectivity index (χ1n) is 23.6. The minimum Gasteiger partial charge on any atom is -0.455 e. The lowest BCUT2D eigenvalue weighted by molar-refractivity contribution is 0.673. The van der Waals surface area contributed by atoms with Gasteiger partial charge in [-0.05, 0) is 145 Å². The Hall–Kier alpha value is -9.18. The average Bonchev–Trinajstić information content (AvgIpc) is 3.97. The first kappa shape index (κ1) is 39.0. The highest BCUT2D eigenvalue weighted by atomic mass is 16.3. The fourth-order valence-electron chi connectivity index (χ4n) is 10.9. The number of furan rings is 1. The SMILES string of the molecule is c1cc(-c2cc3ccccc3c3ccccc23)cc(N(c2ccc(-c3cccc(-n4c5ccccc5c5ccccc54)c3)cc2)c2ccc(-c3ccc4c(c3)oc3c5ccccc5ccc43)cc2)c1. The van der Waals surface area contributed by atoms with Crippen LogP contribution in [0.2, 0.25) is 0 Å². The van der Waals surface area contributed by atoms with Gasteiger partial charge in [0.15, 0.2) is 0 Å². The first-order valence-corrected chi connectivity index (χ1v) is 23.6. The lowest BCUT2D eigenvalue weighted by atomic mass is 9.93. The van der Waals surface area contributed by atoms with Gasteiger partial charge in [0.25, 0.3) is 0 Å². The Kier molecular flexibility index (Phi) is 8.90. The van der Waals surface area contributed by atoms with Crippen LogP contribution in [-0.4, -0.2) is 4.57 Å². The summed E-state index contributed by atoms with van der Waals surface area (Å²) in [7, 11) is 0. The highest BCUT2D eigenvalue weighted by molar-refractivity contribution is 6.16. The normalized spacial score (nSPS) is 11.8. The molecule has 14 rings (SSSR count). The third kappa shape index (κ3) is 6.43. The molecule has 12 aromatic carbocycles. The van der Waals surface area contributed by atoms with Gasteiger partial charge >= 0.3 is 0 Å². The van der Waals surface area contributed by atoms with Crippen molar-refractivity contribution >= 4 is 93.1 Å². The zero-order chi connectivity index (χ0) is 45.4. The van der Waals surface area contributed by atoms with Gasteiger partial charge in [0.1, 0.15) is 11.2 Å². The topological polar surface area (TPSA) is 21.3 Å². The number of benzene rings is 12. The molecule has 0 spiro atoms. The third-order valence-corrected chi connectivity index (χ3v) is 14.1. The molecule has 0 aliphatic heterocycles. The van der Waals surface area contributed by atoms with Crippen LogP contribution in [0.1, 0.15) is 0 Å². The number of para-hydroxylation sites is 2. The Bertz CT molecular complexity index is 4260. The van der Waals surface area contributed by atoms with Crippen molar-refractivity contribution in [3.63, 3.8) is 0 Å². The van der Waals surface area contributed by atoms with Gasteiger partial charge in [0.2, 0.25) is 0 Å². The molecule has 0 saturated heterocycles. The van der Waals surface area contributed by atoms with E-state index in [1.165, 1.54) is 59.9 Å².